The average molecular weight is 307 g/mol. The van der Waals surface area contributed by atoms with E-state index in [2.05, 4.69) is 0 Å². The lowest BCUT2D eigenvalue weighted by Crippen LogP contribution is -2.43. The molecule has 0 saturated carbocycles. The van der Waals surface area contributed by atoms with Gasteiger partial charge in [-0.05, 0) is 17.7 Å². The summed E-state index contributed by atoms with van der Waals surface area (Å²) < 4.78 is 41.0. The monoisotopic (exact) mass is 307 g/mol. The van der Waals surface area contributed by atoms with E-state index in [4.69, 9.17) is 4.84 Å². The van der Waals surface area contributed by atoms with Crippen LogP contribution in [0.25, 0.3) is 0 Å². The van der Waals surface area contributed by atoms with E-state index in [-0.39, 0.29) is 16.2 Å². The van der Waals surface area contributed by atoms with E-state index >= 15 is 0 Å². The van der Waals surface area contributed by atoms with Gasteiger partial charge in [0.05, 0.1) is 6.42 Å². The third kappa shape index (κ3) is 2.20. The number of alkyl halides is 3. The fraction of sp³-hybridized carbons (Fsp3) is 0.188. The summed E-state index contributed by atoms with van der Waals surface area (Å²) in [6, 6.07) is 15.4. The van der Waals surface area contributed by atoms with Crippen LogP contribution in [0.3, 0.4) is 0 Å². The zero-order valence-corrected chi connectivity index (χ0v) is 11.4. The Labute approximate surface area is 124 Å². The molecule has 1 aliphatic heterocycles. The Hall–Kier alpha value is -2.50. The maximum Gasteiger partial charge on any atom is 0.413 e. The summed E-state index contributed by atoms with van der Waals surface area (Å²) in [5, 5.41) is 12.0. The number of benzene rings is 2. The van der Waals surface area contributed by atoms with Crippen molar-refractivity contribution in [3.63, 3.8) is 0 Å². The highest BCUT2D eigenvalue weighted by Gasteiger charge is 2.62. The fourth-order valence-corrected chi connectivity index (χ4v) is 2.55. The van der Waals surface area contributed by atoms with Gasteiger partial charge in [-0.2, -0.15) is 13.2 Å². The van der Waals surface area contributed by atoms with Crippen molar-refractivity contribution in [1.82, 2.24) is 0 Å². The zero-order valence-electron chi connectivity index (χ0n) is 11.4. The third-order valence-electron chi connectivity index (χ3n) is 3.68. The molecule has 2 aromatic rings. The van der Waals surface area contributed by atoms with Crippen LogP contribution in [-0.2, 0) is 10.4 Å². The quantitative estimate of drug-likeness (QED) is 0.792. The van der Waals surface area contributed by atoms with Gasteiger partial charge in [0.25, 0.3) is 5.71 Å². The first kappa shape index (κ1) is 14.4. The molecular weight excluding hydrogens is 295 g/mol. The third-order valence-corrected chi connectivity index (χ3v) is 3.68. The zero-order chi connectivity index (χ0) is 15.8. The summed E-state index contributed by atoms with van der Waals surface area (Å²) >= 11 is 0. The molecule has 0 spiro atoms. The van der Waals surface area contributed by atoms with Crippen LogP contribution in [0.15, 0.2) is 60.7 Å². The largest absolute Gasteiger partial charge is 0.413 e. The number of hydrogen-bond donors (Lipinski definition) is 0. The van der Waals surface area contributed by atoms with E-state index < -0.39 is 18.2 Å². The van der Waals surface area contributed by atoms with Gasteiger partial charge in [0.1, 0.15) is 0 Å². The molecule has 22 heavy (non-hydrogen) atoms. The second-order valence-corrected chi connectivity index (χ2v) is 5.03. The molecule has 3 nitrogen and oxygen atoms in total. The van der Waals surface area contributed by atoms with E-state index in [1.165, 1.54) is 24.3 Å². The molecule has 6 heteroatoms. The van der Waals surface area contributed by atoms with Gasteiger partial charge in [-0.25, -0.2) is 0 Å². The normalized spacial score (nSPS) is 21.8. The lowest BCUT2D eigenvalue weighted by atomic mass is 9.86. The van der Waals surface area contributed by atoms with Crippen molar-refractivity contribution < 1.29 is 22.9 Å². The Morgan fingerprint density at radius 3 is 2.05 bits per heavy atom. The van der Waals surface area contributed by atoms with Gasteiger partial charge in [0.2, 0.25) is 5.60 Å². The summed E-state index contributed by atoms with van der Waals surface area (Å²) in [5.41, 5.74) is -2.36. The Morgan fingerprint density at radius 1 is 0.955 bits per heavy atom. The molecule has 0 N–H and O–H groups in total. The van der Waals surface area contributed by atoms with Crippen LogP contribution in [0.4, 0.5) is 13.2 Å². The van der Waals surface area contributed by atoms with Gasteiger partial charge in [0, 0.05) is 10.5 Å². The van der Waals surface area contributed by atoms with Gasteiger partial charge in [0.15, 0.2) is 0 Å². The first-order chi connectivity index (χ1) is 10.4. The van der Waals surface area contributed by atoms with E-state index in [0.717, 1.165) is 0 Å². The van der Waals surface area contributed by atoms with Crippen molar-refractivity contribution in [3.05, 3.63) is 77.0 Å². The second kappa shape index (κ2) is 5.05. The number of hydrogen-bond acceptors (Lipinski definition) is 2. The molecule has 0 radical (unpaired) electrons. The molecule has 2 aromatic carbocycles. The first-order valence-electron chi connectivity index (χ1n) is 6.64. The molecule has 0 aliphatic carbocycles. The Bertz CT molecular complexity index is 698. The Kier molecular flexibility index (Phi) is 3.31. The minimum absolute atomic E-state index is 0.0180. The van der Waals surface area contributed by atoms with Crippen molar-refractivity contribution in [2.24, 2.45) is 0 Å². The molecule has 1 atom stereocenters. The summed E-state index contributed by atoms with van der Waals surface area (Å²) in [6.07, 6.45) is -5.28. The Balaban J connectivity index is 2.07. The van der Waals surface area contributed by atoms with Crippen molar-refractivity contribution in [3.8, 4) is 0 Å². The highest BCUT2D eigenvalue weighted by molar-refractivity contribution is 5.98. The van der Waals surface area contributed by atoms with Crippen LogP contribution in [0.5, 0.6) is 0 Å². The lowest BCUT2D eigenvalue weighted by Gasteiger charge is -2.32. The van der Waals surface area contributed by atoms with Crippen molar-refractivity contribution >= 4 is 5.71 Å². The molecule has 1 heterocycles. The van der Waals surface area contributed by atoms with E-state index in [1.807, 2.05) is 0 Å². The smallest absolute Gasteiger partial charge is 0.381 e. The predicted octanol–water partition coefficient (Wildman–Crippen LogP) is 3.78. The highest BCUT2D eigenvalue weighted by Crippen LogP contribution is 2.48. The fourth-order valence-electron chi connectivity index (χ4n) is 2.55. The first-order valence-corrected chi connectivity index (χ1v) is 6.64. The van der Waals surface area contributed by atoms with Crippen molar-refractivity contribution in [2.75, 3.05) is 0 Å². The van der Waals surface area contributed by atoms with Gasteiger partial charge in [-0.3, -0.25) is 5.21 Å². The van der Waals surface area contributed by atoms with E-state index in [0.29, 0.717) is 5.56 Å². The van der Waals surface area contributed by atoms with Crippen LogP contribution >= 0.6 is 0 Å². The molecule has 1 aliphatic rings. The van der Waals surface area contributed by atoms with Crippen molar-refractivity contribution in [2.45, 2.75) is 18.2 Å². The summed E-state index contributed by atoms with van der Waals surface area (Å²) in [4.78, 5) is 4.76. The van der Waals surface area contributed by atoms with E-state index in [9.17, 15) is 18.4 Å². The summed E-state index contributed by atoms with van der Waals surface area (Å²) in [6.45, 7) is 0. The molecular formula is C16H12F3NO2. The number of halogens is 3. The molecule has 0 saturated heterocycles. The minimum atomic E-state index is -4.71. The highest BCUT2D eigenvalue weighted by atomic mass is 19.4. The molecule has 0 bridgehead atoms. The minimum Gasteiger partial charge on any atom is -0.381 e. The molecule has 0 aromatic heterocycles. The van der Waals surface area contributed by atoms with Crippen molar-refractivity contribution in [1.29, 1.82) is 0 Å². The maximum absolute atomic E-state index is 13.7. The average Bonchev–Trinajstić information content (AvgIpc) is 2.88. The topological polar surface area (TPSA) is 35.3 Å². The number of rotatable bonds is 2. The van der Waals surface area contributed by atoms with Gasteiger partial charge in [-0.1, -0.05) is 48.5 Å². The molecule has 0 fully saturated rings. The molecule has 0 unspecified atom stereocenters. The standard InChI is InChI=1S/C16H12F3NO2/c17-16(18,19)15(13-9-5-2-6-10-13)11-14(20(21)22-15)12-7-3-1-4-8-12/h1-10H,11H2/t15-/m0/s1. The van der Waals surface area contributed by atoms with Gasteiger partial charge in [-0.15, -0.1) is 0 Å². The van der Waals surface area contributed by atoms with Crippen LogP contribution in [0.2, 0.25) is 0 Å². The second-order valence-electron chi connectivity index (χ2n) is 5.03. The van der Waals surface area contributed by atoms with Gasteiger partial charge < -0.3 is 4.84 Å². The number of nitrogens with zero attached hydrogens (tertiary/aromatic N) is 1. The van der Waals surface area contributed by atoms with Crippen LogP contribution in [0.1, 0.15) is 17.5 Å². The SMILES string of the molecule is [O-][N+]1=C(c2ccccc2)C[C@](c2ccccc2)(C(F)(F)F)O1. The predicted molar refractivity (Wildman–Crippen MR) is 74.1 cm³/mol. The molecule has 0 amide bonds. The van der Waals surface area contributed by atoms with Crippen LogP contribution in [-0.4, -0.2) is 16.8 Å². The Morgan fingerprint density at radius 2 is 1.50 bits per heavy atom. The van der Waals surface area contributed by atoms with E-state index in [1.54, 1.807) is 36.4 Å². The lowest BCUT2D eigenvalue weighted by molar-refractivity contribution is -0.764. The molecule has 114 valence electrons. The molecule has 3 rings (SSSR count). The van der Waals surface area contributed by atoms with Gasteiger partial charge >= 0.3 is 6.18 Å². The van der Waals surface area contributed by atoms with Crippen LogP contribution in [0, 0.1) is 5.21 Å². The summed E-state index contributed by atoms with van der Waals surface area (Å²) in [7, 11) is 0. The maximum atomic E-state index is 13.7. The summed E-state index contributed by atoms with van der Waals surface area (Å²) in [5.74, 6) is 0. The van der Waals surface area contributed by atoms with Crippen LogP contribution < -0.4 is 0 Å².